The average Bonchev–Trinajstić information content (AvgIpc) is 2.98. The molecule has 2 rings (SSSR count). The van der Waals surface area contributed by atoms with Gasteiger partial charge in [-0.25, -0.2) is 4.79 Å². The van der Waals surface area contributed by atoms with Gasteiger partial charge in [-0.1, -0.05) is 37.6 Å². The van der Waals surface area contributed by atoms with Crippen molar-refractivity contribution in [3.8, 4) is 5.88 Å². The van der Waals surface area contributed by atoms with Crippen LogP contribution in [0.15, 0.2) is 35.1 Å². The van der Waals surface area contributed by atoms with Gasteiger partial charge >= 0.3 is 12.1 Å². The zero-order valence-electron chi connectivity index (χ0n) is 15.8. The summed E-state index contributed by atoms with van der Waals surface area (Å²) in [6.45, 7) is 1.93. The van der Waals surface area contributed by atoms with E-state index < -0.39 is 23.6 Å². The van der Waals surface area contributed by atoms with E-state index in [1.807, 2.05) is 6.92 Å². The normalized spacial score (nSPS) is 12.1. The number of carboxylic acids is 1. The van der Waals surface area contributed by atoms with E-state index >= 15 is 0 Å². The van der Waals surface area contributed by atoms with Crippen molar-refractivity contribution in [3.05, 3.63) is 51.8 Å². The predicted octanol–water partition coefficient (Wildman–Crippen LogP) is 5.12. The minimum Gasteiger partial charge on any atom is -0.503 e. The third kappa shape index (κ3) is 5.53. The van der Waals surface area contributed by atoms with Crippen molar-refractivity contribution in [2.24, 2.45) is 0 Å². The number of aryl methyl sites for hydroxylation is 1. The van der Waals surface area contributed by atoms with Crippen molar-refractivity contribution in [2.45, 2.75) is 39.1 Å². The van der Waals surface area contributed by atoms with E-state index in [0.717, 1.165) is 12.7 Å². The molecule has 0 saturated heterocycles. The Morgan fingerprint density at radius 3 is 2.62 bits per heavy atom. The summed E-state index contributed by atoms with van der Waals surface area (Å²) in [5.41, 5.74) is -0.486. The molecule has 0 spiro atoms. The topological polar surface area (TPSA) is 73.6 Å². The zero-order valence-corrected chi connectivity index (χ0v) is 17.4. The number of hydrogen-bond acceptors (Lipinski definition) is 4. The van der Waals surface area contributed by atoms with Gasteiger partial charge < -0.3 is 14.6 Å². The lowest BCUT2D eigenvalue weighted by Gasteiger charge is -2.12. The molecule has 6 nitrogen and oxygen atoms in total. The molecule has 1 heterocycles. The summed E-state index contributed by atoms with van der Waals surface area (Å²) < 4.78 is 51.8. The van der Waals surface area contributed by atoms with Gasteiger partial charge in [0.15, 0.2) is 5.56 Å². The number of methoxy groups -OCH3 is 1. The molecule has 2 aromatic rings. The van der Waals surface area contributed by atoms with Crippen molar-refractivity contribution >= 4 is 27.5 Å². The van der Waals surface area contributed by atoms with Gasteiger partial charge in [0, 0.05) is 6.54 Å². The van der Waals surface area contributed by atoms with E-state index in [1.165, 1.54) is 17.9 Å². The first-order valence-electron chi connectivity index (χ1n) is 8.71. The number of unbranched alkanes of at least 4 members (excludes halogenated alkanes) is 1. The molecule has 1 aromatic heterocycles. The second-order valence-electron chi connectivity index (χ2n) is 6.06. The van der Waals surface area contributed by atoms with Crippen LogP contribution in [0, 0.1) is 0 Å². The number of aliphatic carboxylic acids is 1. The van der Waals surface area contributed by atoms with Crippen molar-refractivity contribution in [1.82, 2.24) is 9.78 Å². The summed E-state index contributed by atoms with van der Waals surface area (Å²) in [5.74, 6) is -1.80. The summed E-state index contributed by atoms with van der Waals surface area (Å²) in [6.07, 6.45) is -2.16. The molecule has 29 heavy (non-hydrogen) atoms. The molecule has 0 atom stereocenters. The fourth-order valence-corrected chi connectivity index (χ4v) is 3.27. The molecule has 0 fully saturated rings. The number of rotatable bonds is 9. The quantitative estimate of drug-likeness (QED) is 0.401. The molecular formula is C19H20BrF3N2O4. The monoisotopic (exact) mass is 476 g/mol. The van der Waals surface area contributed by atoms with Crippen LogP contribution in [0.3, 0.4) is 0 Å². The second-order valence-corrected chi connectivity index (χ2v) is 6.81. The van der Waals surface area contributed by atoms with Crippen LogP contribution in [0.25, 0.3) is 5.57 Å². The van der Waals surface area contributed by atoms with Crippen LogP contribution in [0.4, 0.5) is 13.2 Å². The van der Waals surface area contributed by atoms with E-state index in [1.54, 1.807) is 18.2 Å². The third-order valence-electron chi connectivity index (χ3n) is 4.00. The van der Waals surface area contributed by atoms with E-state index in [-0.39, 0.29) is 22.3 Å². The Balaban J connectivity index is 2.38. The Bertz CT molecular complexity index is 894. The van der Waals surface area contributed by atoms with Crippen molar-refractivity contribution in [3.63, 3.8) is 0 Å². The Labute approximate surface area is 174 Å². The summed E-state index contributed by atoms with van der Waals surface area (Å²) in [7, 11) is 1.30. The Kier molecular flexibility index (Phi) is 7.72. The highest BCUT2D eigenvalue weighted by molar-refractivity contribution is 9.10. The largest absolute Gasteiger partial charge is 0.503 e. The average molecular weight is 477 g/mol. The van der Waals surface area contributed by atoms with Crippen LogP contribution >= 0.6 is 15.9 Å². The first-order chi connectivity index (χ1) is 13.7. The number of benzene rings is 1. The van der Waals surface area contributed by atoms with Gasteiger partial charge in [0.1, 0.15) is 16.8 Å². The van der Waals surface area contributed by atoms with Crippen LogP contribution in [0.5, 0.6) is 5.88 Å². The SMILES string of the molecule is CCCCn1nc(OCc2ccccc2/C(=C\OC)C(=O)O)c(C(F)(F)F)c1Br. The maximum Gasteiger partial charge on any atom is 0.424 e. The molecule has 1 aromatic carbocycles. The fourth-order valence-electron chi connectivity index (χ4n) is 2.62. The Morgan fingerprint density at radius 2 is 2.03 bits per heavy atom. The van der Waals surface area contributed by atoms with Gasteiger partial charge in [0.05, 0.1) is 13.4 Å². The van der Waals surface area contributed by atoms with Crippen molar-refractivity contribution in [2.75, 3.05) is 7.11 Å². The first kappa shape index (κ1) is 22.8. The van der Waals surface area contributed by atoms with Gasteiger partial charge in [-0.15, -0.1) is 5.10 Å². The lowest BCUT2D eigenvalue weighted by molar-refractivity contribution is -0.139. The standard InChI is InChI=1S/C19H20BrF3N2O4/c1-3-4-9-25-16(20)15(19(21,22)23)17(24-25)29-10-12-7-5-6-8-13(12)14(11-28-2)18(26)27/h5-8,11H,3-4,9-10H2,1-2H3,(H,26,27)/b14-11+. The smallest absolute Gasteiger partial charge is 0.424 e. The number of aromatic nitrogens is 2. The summed E-state index contributed by atoms with van der Waals surface area (Å²) in [5, 5.41) is 13.3. The molecule has 0 aliphatic carbocycles. The number of carbonyl (C=O) groups is 1. The number of halogens is 4. The van der Waals surface area contributed by atoms with E-state index in [4.69, 9.17) is 9.47 Å². The molecule has 0 unspecified atom stereocenters. The molecule has 158 valence electrons. The van der Waals surface area contributed by atoms with Crippen LogP contribution < -0.4 is 4.74 Å². The van der Waals surface area contributed by atoms with E-state index in [9.17, 15) is 23.1 Å². The number of carboxylic acid groups (broad SMARTS) is 1. The summed E-state index contributed by atoms with van der Waals surface area (Å²) >= 11 is 2.97. The second kappa shape index (κ2) is 9.82. The van der Waals surface area contributed by atoms with Crippen LogP contribution in [0.1, 0.15) is 36.5 Å². The number of alkyl halides is 3. The molecule has 0 aliphatic heterocycles. The molecule has 1 N–H and O–H groups in total. The van der Waals surface area contributed by atoms with E-state index in [2.05, 4.69) is 21.0 Å². The highest BCUT2D eigenvalue weighted by Crippen LogP contribution is 2.41. The molecular weight excluding hydrogens is 457 g/mol. The first-order valence-corrected chi connectivity index (χ1v) is 9.50. The van der Waals surface area contributed by atoms with Crippen molar-refractivity contribution in [1.29, 1.82) is 0 Å². The third-order valence-corrected chi connectivity index (χ3v) is 4.81. The van der Waals surface area contributed by atoms with E-state index in [0.29, 0.717) is 18.5 Å². The number of nitrogens with zero attached hydrogens (tertiary/aromatic N) is 2. The van der Waals surface area contributed by atoms with Gasteiger partial charge in [-0.05, 0) is 33.5 Å². The fraction of sp³-hybridized carbons (Fsp3) is 0.368. The summed E-state index contributed by atoms with van der Waals surface area (Å²) in [6, 6.07) is 6.34. The highest BCUT2D eigenvalue weighted by atomic mass is 79.9. The van der Waals surface area contributed by atoms with Gasteiger partial charge in [-0.2, -0.15) is 13.2 Å². The molecule has 0 radical (unpaired) electrons. The number of ether oxygens (including phenoxy) is 2. The minimum absolute atomic E-state index is 0.141. The van der Waals surface area contributed by atoms with Crippen LogP contribution in [-0.4, -0.2) is 28.0 Å². The van der Waals surface area contributed by atoms with Gasteiger partial charge in [0.25, 0.3) is 0 Å². The van der Waals surface area contributed by atoms with Gasteiger partial charge in [0.2, 0.25) is 5.88 Å². The number of hydrogen-bond donors (Lipinski definition) is 1. The van der Waals surface area contributed by atoms with Crippen molar-refractivity contribution < 1.29 is 32.5 Å². The lowest BCUT2D eigenvalue weighted by atomic mass is 10.0. The van der Waals surface area contributed by atoms with Crippen LogP contribution in [-0.2, 0) is 28.9 Å². The molecule has 0 bridgehead atoms. The molecule has 0 saturated carbocycles. The lowest BCUT2D eigenvalue weighted by Crippen LogP contribution is -2.09. The maximum atomic E-state index is 13.5. The Morgan fingerprint density at radius 1 is 1.34 bits per heavy atom. The van der Waals surface area contributed by atoms with Gasteiger partial charge in [-0.3, -0.25) is 4.68 Å². The highest BCUT2D eigenvalue weighted by Gasteiger charge is 2.40. The van der Waals surface area contributed by atoms with Crippen LogP contribution in [0.2, 0.25) is 0 Å². The minimum atomic E-state index is -4.67. The maximum absolute atomic E-state index is 13.5. The summed E-state index contributed by atoms with van der Waals surface area (Å²) in [4.78, 5) is 11.5. The zero-order chi connectivity index (χ0) is 21.6. The Hall–Kier alpha value is -2.49. The molecule has 0 aliphatic rings. The molecule has 10 heteroatoms. The predicted molar refractivity (Wildman–Crippen MR) is 103 cm³/mol. The molecule has 0 amide bonds.